The maximum Gasteiger partial charge on any atom is 0.246 e. The number of hydrogen-bond acceptors (Lipinski definition) is 4. The second kappa shape index (κ2) is 7.01. The van der Waals surface area contributed by atoms with Gasteiger partial charge in [0, 0.05) is 11.4 Å². The summed E-state index contributed by atoms with van der Waals surface area (Å²) in [4.78, 5) is 0. The Bertz CT molecular complexity index is 654. The van der Waals surface area contributed by atoms with Crippen molar-refractivity contribution in [1.82, 2.24) is 0 Å². The lowest BCUT2D eigenvalue weighted by Crippen LogP contribution is -2.16. The second-order valence-corrected chi connectivity index (χ2v) is 5.64. The highest BCUT2D eigenvalue weighted by Gasteiger charge is 2.12. The van der Waals surface area contributed by atoms with Gasteiger partial charge < -0.3 is 5.11 Å². The van der Waals surface area contributed by atoms with Crippen LogP contribution in [0.15, 0.2) is 18.2 Å². The summed E-state index contributed by atoms with van der Waals surface area (Å²) in [6, 6.07) is 6.07. The standard InChI is InChI=1S/C12H11ClN2O3S/c13-11-4-5-12(15-19(17,18)8-6-14)10(9-11)3-1-2-7-16/h4-5,9,15-16H,2,7-8H2. The van der Waals surface area contributed by atoms with Gasteiger partial charge in [-0.1, -0.05) is 23.4 Å². The molecule has 0 saturated heterocycles. The molecule has 0 amide bonds. The number of nitrogens with zero attached hydrogens (tertiary/aromatic N) is 1. The van der Waals surface area contributed by atoms with Gasteiger partial charge in [0.25, 0.3) is 0 Å². The van der Waals surface area contributed by atoms with Crippen LogP contribution in [0.3, 0.4) is 0 Å². The molecule has 1 aromatic rings. The van der Waals surface area contributed by atoms with Gasteiger partial charge >= 0.3 is 0 Å². The number of nitriles is 1. The molecule has 0 bridgehead atoms. The Morgan fingerprint density at radius 3 is 2.79 bits per heavy atom. The van der Waals surface area contributed by atoms with Crippen LogP contribution in [0.25, 0.3) is 0 Å². The number of sulfonamides is 1. The van der Waals surface area contributed by atoms with Crippen LogP contribution in [0.5, 0.6) is 0 Å². The summed E-state index contributed by atoms with van der Waals surface area (Å²) in [6.07, 6.45) is 0.275. The van der Waals surface area contributed by atoms with Gasteiger partial charge in [0.05, 0.1) is 23.9 Å². The van der Waals surface area contributed by atoms with Gasteiger partial charge in [0.15, 0.2) is 5.75 Å². The average molecular weight is 299 g/mol. The lowest BCUT2D eigenvalue weighted by atomic mass is 10.2. The van der Waals surface area contributed by atoms with Gasteiger partial charge in [0.1, 0.15) is 0 Å². The molecule has 1 aromatic carbocycles. The number of nitrogens with one attached hydrogen (secondary N) is 1. The molecule has 2 N–H and O–H groups in total. The van der Waals surface area contributed by atoms with Crippen LogP contribution in [-0.4, -0.2) is 25.9 Å². The van der Waals surface area contributed by atoms with Crippen molar-refractivity contribution in [1.29, 1.82) is 5.26 Å². The molecule has 0 radical (unpaired) electrons. The van der Waals surface area contributed by atoms with Crippen molar-refractivity contribution < 1.29 is 13.5 Å². The number of anilines is 1. The first kappa shape index (κ1) is 15.3. The molecule has 100 valence electrons. The van der Waals surface area contributed by atoms with Gasteiger partial charge in [-0.15, -0.1) is 0 Å². The summed E-state index contributed by atoms with van der Waals surface area (Å²) in [5, 5.41) is 17.5. The van der Waals surface area contributed by atoms with Gasteiger partial charge in [-0.25, -0.2) is 8.42 Å². The minimum atomic E-state index is -3.72. The van der Waals surface area contributed by atoms with E-state index in [4.69, 9.17) is 22.0 Å². The summed E-state index contributed by atoms with van der Waals surface area (Å²) >= 11 is 5.82. The first-order valence-electron chi connectivity index (χ1n) is 5.25. The molecule has 0 aliphatic rings. The van der Waals surface area contributed by atoms with Crippen molar-refractivity contribution in [3.8, 4) is 17.9 Å². The molecule has 0 fully saturated rings. The van der Waals surface area contributed by atoms with Crippen molar-refractivity contribution in [3.05, 3.63) is 28.8 Å². The molecule has 0 saturated carbocycles. The first-order chi connectivity index (χ1) is 8.98. The van der Waals surface area contributed by atoms with Crippen molar-refractivity contribution in [3.63, 3.8) is 0 Å². The van der Waals surface area contributed by atoms with Crippen molar-refractivity contribution in [2.75, 3.05) is 17.1 Å². The third-order valence-corrected chi connectivity index (χ3v) is 3.24. The topological polar surface area (TPSA) is 90.2 Å². The molecular formula is C12H11ClN2O3S. The van der Waals surface area contributed by atoms with Crippen LogP contribution in [0.4, 0.5) is 5.69 Å². The number of hydrogen-bond donors (Lipinski definition) is 2. The summed E-state index contributed by atoms with van der Waals surface area (Å²) in [6.45, 7) is -0.0803. The summed E-state index contributed by atoms with van der Waals surface area (Å²) in [5.41, 5.74) is 0.646. The Labute approximate surface area is 116 Å². The minimum absolute atomic E-state index is 0.0803. The molecule has 19 heavy (non-hydrogen) atoms. The van der Waals surface area contributed by atoms with E-state index in [-0.39, 0.29) is 18.7 Å². The summed E-state index contributed by atoms with van der Waals surface area (Å²) < 4.78 is 25.3. The Balaban J connectivity index is 3.09. The van der Waals surface area contributed by atoms with Gasteiger partial charge in [-0.05, 0) is 18.2 Å². The van der Waals surface area contributed by atoms with E-state index in [1.54, 1.807) is 6.07 Å². The summed E-state index contributed by atoms with van der Waals surface area (Å²) in [5.74, 6) is 4.75. The molecule has 0 atom stereocenters. The van der Waals surface area contributed by atoms with E-state index in [1.165, 1.54) is 18.2 Å². The van der Waals surface area contributed by atoms with Crippen LogP contribution in [-0.2, 0) is 10.0 Å². The van der Waals surface area contributed by atoms with E-state index in [2.05, 4.69) is 16.6 Å². The molecule has 0 aliphatic carbocycles. The number of benzene rings is 1. The molecule has 0 aromatic heterocycles. The third-order valence-electron chi connectivity index (χ3n) is 1.96. The third kappa shape index (κ3) is 5.19. The minimum Gasteiger partial charge on any atom is -0.395 e. The molecule has 0 aliphatic heterocycles. The van der Waals surface area contributed by atoms with Crippen LogP contribution >= 0.6 is 11.6 Å². The van der Waals surface area contributed by atoms with Crippen molar-refractivity contribution in [2.24, 2.45) is 0 Å². The Kier molecular flexibility index (Phi) is 5.65. The van der Waals surface area contributed by atoms with Crippen molar-refractivity contribution >= 4 is 27.3 Å². The van der Waals surface area contributed by atoms with Crippen LogP contribution in [0.2, 0.25) is 5.02 Å². The summed E-state index contributed by atoms with van der Waals surface area (Å²) in [7, 11) is -3.72. The van der Waals surface area contributed by atoms with E-state index in [0.717, 1.165) is 0 Å². The molecule has 1 rings (SSSR count). The molecule has 0 unspecified atom stereocenters. The van der Waals surface area contributed by atoms with Gasteiger partial charge in [-0.2, -0.15) is 5.26 Å². The number of aliphatic hydroxyl groups excluding tert-OH is 1. The first-order valence-corrected chi connectivity index (χ1v) is 7.28. The largest absolute Gasteiger partial charge is 0.395 e. The molecule has 0 heterocycles. The van der Waals surface area contributed by atoms with Crippen LogP contribution in [0, 0.1) is 23.2 Å². The Morgan fingerprint density at radius 1 is 1.42 bits per heavy atom. The van der Waals surface area contributed by atoms with E-state index >= 15 is 0 Å². The number of aliphatic hydroxyl groups is 1. The lowest BCUT2D eigenvalue weighted by molar-refractivity contribution is 0.305. The Morgan fingerprint density at radius 2 is 2.16 bits per heavy atom. The smallest absolute Gasteiger partial charge is 0.246 e. The van der Waals surface area contributed by atoms with Gasteiger partial charge in [0.2, 0.25) is 10.0 Å². The van der Waals surface area contributed by atoms with E-state index in [9.17, 15) is 8.42 Å². The predicted molar refractivity (Wildman–Crippen MR) is 73.1 cm³/mol. The van der Waals surface area contributed by atoms with Gasteiger partial charge in [-0.3, -0.25) is 4.72 Å². The zero-order valence-corrected chi connectivity index (χ0v) is 11.4. The maximum atomic E-state index is 11.5. The highest BCUT2D eigenvalue weighted by atomic mass is 35.5. The fourth-order valence-corrected chi connectivity index (χ4v) is 2.14. The maximum absolute atomic E-state index is 11.5. The molecule has 7 heteroatoms. The number of halogens is 1. The quantitative estimate of drug-likeness (QED) is 0.821. The van der Waals surface area contributed by atoms with Crippen LogP contribution < -0.4 is 4.72 Å². The molecule has 0 spiro atoms. The fraction of sp³-hybridized carbons (Fsp3) is 0.250. The lowest BCUT2D eigenvalue weighted by Gasteiger charge is -2.07. The predicted octanol–water partition coefficient (Wildman–Crippen LogP) is 1.34. The highest BCUT2D eigenvalue weighted by molar-refractivity contribution is 7.92. The zero-order valence-electron chi connectivity index (χ0n) is 9.85. The van der Waals surface area contributed by atoms with E-state index in [0.29, 0.717) is 10.6 Å². The van der Waals surface area contributed by atoms with Crippen LogP contribution in [0.1, 0.15) is 12.0 Å². The monoisotopic (exact) mass is 298 g/mol. The van der Waals surface area contributed by atoms with E-state index in [1.807, 2.05) is 0 Å². The number of rotatable bonds is 4. The van der Waals surface area contributed by atoms with E-state index < -0.39 is 15.8 Å². The molecule has 5 nitrogen and oxygen atoms in total. The zero-order chi connectivity index (χ0) is 14.3. The Hall–Kier alpha value is -1.73. The average Bonchev–Trinajstić information content (AvgIpc) is 2.32. The normalized spacial score (nSPS) is 10.2. The van der Waals surface area contributed by atoms with Crippen molar-refractivity contribution in [2.45, 2.75) is 6.42 Å². The molecular weight excluding hydrogens is 288 g/mol. The SMILES string of the molecule is N#CCS(=O)(=O)Nc1ccc(Cl)cc1C#CCCO. The fourth-order valence-electron chi connectivity index (χ4n) is 1.21. The second-order valence-electron chi connectivity index (χ2n) is 3.48. The highest BCUT2D eigenvalue weighted by Crippen LogP contribution is 2.21.